The number of aryl methyl sites for hydroxylation is 1. The molecule has 0 aliphatic heterocycles. The van der Waals surface area contributed by atoms with Crippen LogP contribution in [-0.2, 0) is 0 Å². The first-order valence-corrected chi connectivity index (χ1v) is 6.22. The van der Waals surface area contributed by atoms with Crippen molar-refractivity contribution in [3.05, 3.63) is 42.0 Å². The number of anilines is 1. The minimum atomic E-state index is 0.472. The zero-order valence-electron chi connectivity index (χ0n) is 10.7. The number of hydrogen-bond acceptors (Lipinski definition) is 1. The molecule has 0 amide bonds. The monoisotopic (exact) mass is 248 g/mol. The second kappa shape index (κ2) is 6.40. The molecule has 1 aromatic rings. The SMILES string of the molecule is C=CCNC(=S)Nc1c(C)cccc1C(C)C. The molecular weight excluding hydrogens is 228 g/mol. The molecule has 0 aliphatic rings. The van der Waals surface area contributed by atoms with Gasteiger partial charge in [0, 0.05) is 12.2 Å². The highest BCUT2D eigenvalue weighted by Crippen LogP contribution is 2.27. The average Bonchev–Trinajstić information content (AvgIpc) is 2.28. The fourth-order valence-electron chi connectivity index (χ4n) is 1.66. The minimum absolute atomic E-state index is 0.472. The topological polar surface area (TPSA) is 24.1 Å². The third kappa shape index (κ3) is 3.86. The van der Waals surface area contributed by atoms with E-state index in [1.807, 2.05) is 0 Å². The Morgan fingerprint density at radius 1 is 1.47 bits per heavy atom. The van der Waals surface area contributed by atoms with Crippen LogP contribution in [0.3, 0.4) is 0 Å². The Labute approximate surface area is 109 Å². The van der Waals surface area contributed by atoms with Gasteiger partial charge in [0.15, 0.2) is 5.11 Å². The summed E-state index contributed by atoms with van der Waals surface area (Å²) in [5, 5.41) is 6.98. The highest BCUT2D eigenvalue weighted by Gasteiger charge is 2.09. The average molecular weight is 248 g/mol. The molecule has 0 saturated carbocycles. The molecule has 2 nitrogen and oxygen atoms in total. The second-order valence-electron chi connectivity index (χ2n) is 4.32. The molecule has 3 heteroatoms. The van der Waals surface area contributed by atoms with Crippen LogP contribution in [0.15, 0.2) is 30.9 Å². The molecule has 0 spiro atoms. The molecule has 0 aliphatic carbocycles. The molecule has 0 fully saturated rings. The zero-order valence-corrected chi connectivity index (χ0v) is 11.5. The van der Waals surface area contributed by atoms with Crippen molar-refractivity contribution in [3.8, 4) is 0 Å². The smallest absolute Gasteiger partial charge is 0.171 e. The van der Waals surface area contributed by atoms with E-state index in [1.54, 1.807) is 6.08 Å². The first-order valence-electron chi connectivity index (χ1n) is 5.81. The first-order chi connectivity index (χ1) is 8.06. The molecule has 0 atom stereocenters. The van der Waals surface area contributed by atoms with Crippen LogP contribution in [0, 0.1) is 6.92 Å². The van der Waals surface area contributed by atoms with Gasteiger partial charge in [0.1, 0.15) is 0 Å². The largest absolute Gasteiger partial charge is 0.359 e. The normalized spacial score (nSPS) is 10.1. The van der Waals surface area contributed by atoms with Gasteiger partial charge in [0.05, 0.1) is 0 Å². The lowest BCUT2D eigenvalue weighted by Gasteiger charge is -2.18. The number of rotatable bonds is 4. The molecule has 2 N–H and O–H groups in total. The van der Waals surface area contributed by atoms with Gasteiger partial charge in [-0.2, -0.15) is 0 Å². The maximum atomic E-state index is 5.24. The van der Waals surface area contributed by atoms with E-state index in [-0.39, 0.29) is 0 Å². The van der Waals surface area contributed by atoms with Crippen LogP contribution in [0.4, 0.5) is 5.69 Å². The Morgan fingerprint density at radius 2 is 2.18 bits per heavy atom. The lowest BCUT2D eigenvalue weighted by molar-refractivity contribution is 0.867. The van der Waals surface area contributed by atoms with Gasteiger partial charge in [-0.25, -0.2) is 0 Å². The van der Waals surface area contributed by atoms with Crippen LogP contribution in [0.25, 0.3) is 0 Å². The molecule has 1 aromatic carbocycles. The Morgan fingerprint density at radius 3 is 2.76 bits per heavy atom. The maximum absolute atomic E-state index is 5.24. The summed E-state index contributed by atoms with van der Waals surface area (Å²) in [5.41, 5.74) is 3.61. The van der Waals surface area contributed by atoms with Gasteiger partial charge >= 0.3 is 0 Å². The van der Waals surface area contributed by atoms with E-state index in [2.05, 4.69) is 56.2 Å². The van der Waals surface area contributed by atoms with E-state index in [1.165, 1.54) is 11.1 Å². The van der Waals surface area contributed by atoms with Crippen molar-refractivity contribution in [2.45, 2.75) is 26.7 Å². The molecule has 17 heavy (non-hydrogen) atoms. The summed E-state index contributed by atoms with van der Waals surface area (Å²) in [6.45, 7) is 10.8. The van der Waals surface area contributed by atoms with Crippen LogP contribution in [0.1, 0.15) is 30.9 Å². The summed E-state index contributed by atoms with van der Waals surface area (Å²) < 4.78 is 0. The maximum Gasteiger partial charge on any atom is 0.171 e. The summed E-state index contributed by atoms with van der Waals surface area (Å²) in [7, 11) is 0. The molecule has 0 aromatic heterocycles. The standard InChI is InChI=1S/C14H20N2S/c1-5-9-15-14(17)16-13-11(4)7-6-8-12(13)10(2)3/h5-8,10H,1,9H2,2-4H3,(H2,15,16,17). The number of thiocarbonyl (C=S) groups is 1. The van der Waals surface area contributed by atoms with Gasteiger partial charge in [-0.15, -0.1) is 6.58 Å². The summed E-state index contributed by atoms with van der Waals surface area (Å²) in [5.74, 6) is 0.472. The second-order valence-corrected chi connectivity index (χ2v) is 4.73. The van der Waals surface area contributed by atoms with Crippen LogP contribution < -0.4 is 10.6 Å². The van der Waals surface area contributed by atoms with Crippen molar-refractivity contribution < 1.29 is 0 Å². The van der Waals surface area contributed by atoms with E-state index in [0.717, 1.165) is 5.69 Å². The Bertz CT molecular complexity index is 411. The van der Waals surface area contributed by atoms with E-state index in [9.17, 15) is 0 Å². The summed E-state index contributed by atoms with van der Waals surface area (Å²) in [6, 6.07) is 6.30. The summed E-state index contributed by atoms with van der Waals surface area (Å²) in [6.07, 6.45) is 1.79. The minimum Gasteiger partial charge on any atom is -0.359 e. The van der Waals surface area contributed by atoms with Crippen LogP contribution in [0.2, 0.25) is 0 Å². The fourth-order valence-corrected chi connectivity index (χ4v) is 1.85. The third-order valence-corrected chi connectivity index (χ3v) is 2.82. The molecule has 92 valence electrons. The van der Waals surface area contributed by atoms with Crippen molar-refractivity contribution in [2.24, 2.45) is 0 Å². The van der Waals surface area contributed by atoms with Crippen molar-refractivity contribution >= 4 is 23.0 Å². The Balaban J connectivity index is 2.88. The Kier molecular flexibility index (Phi) is 5.16. The first kappa shape index (κ1) is 13.7. The predicted molar refractivity (Wildman–Crippen MR) is 79.7 cm³/mol. The van der Waals surface area contributed by atoms with Crippen molar-refractivity contribution in [1.29, 1.82) is 0 Å². The Hall–Kier alpha value is -1.35. The lowest BCUT2D eigenvalue weighted by atomic mass is 9.98. The third-order valence-electron chi connectivity index (χ3n) is 2.57. The molecule has 0 radical (unpaired) electrons. The number of benzene rings is 1. The summed E-state index contributed by atoms with van der Waals surface area (Å²) in [4.78, 5) is 0. The molecule has 0 bridgehead atoms. The van der Waals surface area contributed by atoms with Crippen LogP contribution in [-0.4, -0.2) is 11.7 Å². The molecule has 0 unspecified atom stereocenters. The highest BCUT2D eigenvalue weighted by atomic mass is 32.1. The van der Waals surface area contributed by atoms with E-state index in [0.29, 0.717) is 17.6 Å². The molecule has 0 saturated heterocycles. The van der Waals surface area contributed by atoms with Gasteiger partial charge in [-0.05, 0) is 36.2 Å². The number of para-hydroxylation sites is 1. The molecule has 0 heterocycles. The van der Waals surface area contributed by atoms with Crippen molar-refractivity contribution in [2.75, 3.05) is 11.9 Å². The summed E-state index contributed by atoms with van der Waals surface area (Å²) >= 11 is 5.24. The van der Waals surface area contributed by atoms with Gasteiger partial charge in [0.2, 0.25) is 0 Å². The van der Waals surface area contributed by atoms with E-state index >= 15 is 0 Å². The lowest BCUT2D eigenvalue weighted by Crippen LogP contribution is -2.29. The van der Waals surface area contributed by atoms with Gasteiger partial charge in [0.25, 0.3) is 0 Å². The fraction of sp³-hybridized carbons (Fsp3) is 0.357. The zero-order chi connectivity index (χ0) is 12.8. The van der Waals surface area contributed by atoms with Crippen molar-refractivity contribution in [3.63, 3.8) is 0 Å². The van der Waals surface area contributed by atoms with Crippen molar-refractivity contribution in [1.82, 2.24) is 5.32 Å². The van der Waals surface area contributed by atoms with Gasteiger partial charge in [-0.3, -0.25) is 0 Å². The number of hydrogen-bond donors (Lipinski definition) is 2. The quantitative estimate of drug-likeness (QED) is 0.629. The molecular formula is C14H20N2S. The number of nitrogens with one attached hydrogen (secondary N) is 2. The van der Waals surface area contributed by atoms with E-state index in [4.69, 9.17) is 12.2 Å². The van der Waals surface area contributed by atoms with Gasteiger partial charge < -0.3 is 10.6 Å². The van der Waals surface area contributed by atoms with E-state index < -0.39 is 0 Å². The van der Waals surface area contributed by atoms with Crippen LogP contribution >= 0.6 is 12.2 Å². The predicted octanol–water partition coefficient (Wildman–Crippen LogP) is 3.59. The highest BCUT2D eigenvalue weighted by molar-refractivity contribution is 7.80. The van der Waals surface area contributed by atoms with Gasteiger partial charge in [-0.1, -0.05) is 38.1 Å². The van der Waals surface area contributed by atoms with Crippen LogP contribution in [0.5, 0.6) is 0 Å². The molecule has 1 rings (SSSR count).